The van der Waals surface area contributed by atoms with E-state index in [1.54, 1.807) is 16.7 Å². The van der Waals surface area contributed by atoms with Crippen LogP contribution in [0.15, 0.2) is 45.8 Å². The summed E-state index contributed by atoms with van der Waals surface area (Å²) in [7, 11) is 1.83. The van der Waals surface area contributed by atoms with E-state index in [9.17, 15) is 4.79 Å². The predicted molar refractivity (Wildman–Crippen MR) is 104 cm³/mol. The lowest BCUT2D eigenvalue weighted by Gasteiger charge is -2.21. The van der Waals surface area contributed by atoms with Crippen LogP contribution in [0.4, 0.5) is 0 Å². The summed E-state index contributed by atoms with van der Waals surface area (Å²) in [5.74, 6) is 2.04. The molecule has 0 fully saturated rings. The molecule has 0 aliphatic carbocycles. The van der Waals surface area contributed by atoms with Crippen LogP contribution in [0, 0.1) is 6.92 Å². The van der Waals surface area contributed by atoms with Crippen LogP contribution in [0.25, 0.3) is 0 Å². The number of rotatable bonds is 5. The fourth-order valence-electron chi connectivity index (χ4n) is 2.57. The van der Waals surface area contributed by atoms with E-state index >= 15 is 0 Å². The summed E-state index contributed by atoms with van der Waals surface area (Å²) in [5.41, 5.74) is 2.20. The first-order valence-corrected chi connectivity index (χ1v) is 9.82. The Morgan fingerprint density at radius 1 is 1.16 bits per heavy atom. The number of hydrogen-bond acceptors (Lipinski definition) is 4. The molecule has 25 heavy (non-hydrogen) atoms. The fourth-order valence-corrected chi connectivity index (χ4v) is 4.00. The van der Waals surface area contributed by atoms with Crippen LogP contribution in [-0.2, 0) is 11.3 Å². The molecule has 0 radical (unpaired) electrons. The zero-order valence-electron chi connectivity index (χ0n) is 14.3. The van der Waals surface area contributed by atoms with Gasteiger partial charge < -0.3 is 14.4 Å². The number of hydrogen-bond donors (Lipinski definition) is 0. The molecule has 1 aliphatic rings. The first-order valence-electron chi connectivity index (χ1n) is 8.04. The standard InChI is InChI=1S/C19H20BrNO3S/c1-13-9-15(20)4-6-18(13)25-12-19(22)21(2)11-14-3-5-16-17(10-14)24-8-7-23-16/h3-6,9-10H,7-8,11-12H2,1-2H3. The van der Waals surface area contributed by atoms with E-state index in [1.807, 2.05) is 37.4 Å². The second-order valence-electron chi connectivity index (χ2n) is 5.93. The number of nitrogens with zero attached hydrogens (tertiary/aromatic N) is 1. The highest BCUT2D eigenvalue weighted by Gasteiger charge is 2.15. The van der Waals surface area contributed by atoms with Gasteiger partial charge >= 0.3 is 0 Å². The van der Waals surface area contributed by atoms with E-state index in [4.69, 9.17) is 9.47 Å². The van der Waals surface area contributed by atoms with Crippen LogP contribution < -0.4 is 9.47 Å². The van der Waals surface area contributed by atoms with E-state index in [0.717, 1.165) is 26.4 Å². The molecule has 0 N–H and O–H groups in total. The summed E-state index contributed by atoms with van der Waals surface area (Å²) in [6.07, 6.45) is 0. The van der Waals surface area contributed by atoms with E-state index in [0.29, 0.717) is 25.5 Å². The third-order valence-electron chi connectivity index (χ3n) is 3.94. The van der Waals surface area contributed by atoms with Crippen LogP contribution in [0.1, 0.15) is 11.1 Å². The van der Waals surface area contributed by atoms with Crippen LogP contribution >= 0.6 is 27.7 Å². The fraction of sp³-hybridized carbons (Fsp3) is 0.316. The Labute approximate surface area is 160 Å². The highest BCUT2D eigenvalue weighted by molar-refractivity contribution is 9.10. The Kier molecular flexibility index (Phi) is 5.91. The minimum atomic E-state index is 0.0993. The number of thioether (sulfide) groups is 1. The first kappa shape index (κ1) is 18.1. The lowest BCUT2D eigenvalue weighted by atomic mass is 10.2. The molecule has 2 aromatic carbocycles. The zero-order chi connectivity index (χ0) is 17.8. The summed E-state index contributed by atoms with van der Waals surface area (Å²) in [6.45, 7) is 3.75. The normalized spacial score (nSPS) is 12.8. The number of ether oxygens (including phenoxy) is 2. The Balaban J connectivity index is 1.57. The molecule has 6 heteroatoms. The van der Waals surface area contributed by atoms with Crippen molar-refractivity contribution < 1.29 is 14.3 Å². The smallest absolute Gasteiger partial charge is 0.232 e. The number of aryl methyl sites for hydroxylation is 1. The molecular weight excluding hydrogens is 402 g/mol. The van der Waals surface area contributed by atoms with Crippen molar-refractivity contribution in [1.82, 2.24) is 4.90 Å². The summed E-state index contributed by atoms with van der Waals surface area (Å²) in [6, 6.07) is 11.9. The molecule has 0 unspecified atom stereocenters. The van der Waals surface area contributed by atoms with Gasteiger partial charge in [-0.25, -0.2) is 0 Å². The van der Waals surface area contributed by atoms with Gasteiger partial charge in [0.05, 0.1) is 5.75 Å². The highest BCUT2D eigenvalue weighted by Crippen LogP contribution is 2.31. The second kappa shape index (κ2) is 8.15. The van der Waals surface area contributed by atoms with E-state index in [-0.39, 0.29) is 5.91 Å². The summed E-state index contributed by atoms with van der Waals surface area (Å²) < 4.78 is 12.2. The lowest BCUT2D eigenvalue weighted by molar-refractivity contribution is -0.127. The number of amides is 1. The van der Waals surface area contributed by atoms with Gasteiger partial charge in [-0.3, -0.25) is 4.79 Å². The van der Waals surface area contributed by atoms with Crippen molar-refractivity contribution in [2.24, 2.45) is 0 Å². The molecule has 1 amide bonds. The molecule has 2 aromatic rings. The summed E-state index contributed by atoms with van der Waals surface area (Å²) in [4.78, 5) is 15.3. The minimum absolute atomic E-state index is 0.0993. The maximum Gasteiger partial charge on any atom is 0.232 e. The van der Waals surface area contributed by atoms with Crippen LogP contribution in [-0.4, -0.2) is 36.8 Å². The largest absolute Gasteiger partial charge is 0.486 e. The number of carbonyl (C=O) groups is 1. The van der Waals surface area contributed by atoms with Gasteiger partial charge in [-0.2, -0.15) is 0 Å². The molecule has 0 atom stereocenters. The second-order valence-corrected chi connectivity index (χ2v) is 7.86. The Morgan fingerprint density at radius 3 is 2.68 bits per heavy atom. The third-order valence-corrected chi connectivity index (χ3v) is 5.59. The van der Waals surface area contributed by atoms with Gasteiger partial charge in [0.1, 0.15) is 13.2 Å². The Hall–Kier alpha value is -1.66. The first-order chi connectivity index (χ1) is 12.0. The summed E-state index contributed by atoms with van der Waals surface area (Å²) >= 11 is 5.03. The monoisotopic (exact) mass is 421 g/mol. The Bertz CT molecular complexity index is 781. The summed E-state index contributed by atoms with van der Waals surface area (Å²) in [5, 5.41) is 0. The van der Waals surface area contributed by atoms with Crippen molar-refractivity contribution in [3.8, 4) is 11.5 Å². The topological polar surface area (TPSA) is 38.8 Å². The van der Waals surface area contributed by atoms with E-state index in [2.05, 4.69) is 28.9 Å². The van der Waals surface area contributed by atoms with Gasteiger partial charge in [-0.1, -0.05) is 22.0 Å². The molecule has 0 spiro atoms. The van der Waals surface area contributed by atoms with Gasteiger partial charge in [0, 0.05) is 23.0 Å². The van der Waals surface area contributed by atoms with Crippen molar-refractivity contribution in [1.29, 1.82) is 0 Å². The molecule has 0 saturated carbocycles. The van der Waals surface area contributed by atoms with Crippen LogP contribution in [0.3, 0.4) is 0 Å². The maximum absolute atomic E-state index is 12.4. The average molecular weight is 422 g/mol. The minimum Gasteiger partial charge on any atom is -0.486 e. The average Bonchev–Trinajstić information content (AvgIpc) is 2.60. The predicted octanol–water partition coefficient (Wildman–Crippen LogP) is 4.28. The van der Waals surface area contributed by atoms with Gasteiger partial charge in [0.25, 0.3) is 0 Å². The van der Waals surface area contributed by atoms with Crippen LogP contribution in [0.5, 0.6) is 11.5 Å². The number of fused-ring (bicyclic) bond motifs is 1. The van der Waals surface area contributed by atoms with Crippen molar-refractivity contribution in [2.75, 3.05) is 26.0 Å². The van der Waals surface area contributed by atoms with Gasteiger partial charge in [-0.15, -0.1) is 11.8 Å². The van der Waals surface area contributed by atoms with Crippen molar-refractivity contribution in [3.05, 3.63) is 52.0 Å². The molecule has 1 aliphatic heterocycles. The van der Waals surface area contributed by atoms with Crippen LogP contribution in [0.2, 0.25) is 0 Å². The lowest BCUT2D eigenvalue weighted by Crippen LogP contribution is -2.28. The number of halogens is 1. The molecule has 3 rings (SSSR count). The van der Waals surface area contributed by atoms with Gasteiger partial charge in [0.2, 0.25) is 5.91 Å². The molecular formula is C19H20BrNO3S. The van der Waals surface area contributed by atoms with E-state index < -0.39 is 0 Å². The number of carbonyl (C=O) groups excluding carboxylic acids is 1. The molecule has 0 saturated heterocycles. The zero-order valence-corrected chi connectivity index (χ0v) is 16.7. The van der Waals surface area contributed by atoms with Crippen molar-refractivity contribution in [2.45, 2.75) is 18.4 Å². The number of benzene rings is 2. The van der Waals surface area contributed by atoms with E-state index in [1.165, 1.54) is 5.56 Å². The molecule has 0 bridgehead atoms. The SMILES string of the molecule is Cc1cc(Br)ccc1SCC(=O)N(C)Cc1ccc2c(c1)OCCO2. The van der Waals surface area contributed by atoms with Gasteiger partial charge in [-0.05, 0) is 48.4 Å². The molecule has 1 heterocycles. The third kappa shape index (κ3) is 4.70. The Morgan fingerprint density at radius 2 is 1.92 bits per heavy atom. The molecule has 0 aromatic heterocycles. The molecule has 4 nitrogen and oxygen atoms in total. The highest BCUT2D eigenvalue weighted by atomic mass is 79.9. The van der Waals surface area contributed by atoms with Gasteiger partial charge in [0.15, 0.2) is 11.5 Å². The quantitative estimate of drug-likeness (QED) is 0.675. The maximum atomic E-state index is 12.4. The molecule has 132 valence electrons. The van der Waals surface area contributed by atoms with Crippen molar-refractivity contribution in [3.63, 3.8) is 0 Å². The van der Waals surface area contributed by atoms with Crippen molar-refractivity contribution >= 4 is 33.6 Å².